The summed E-state index contributed by atoms with van der Waals surface area (Å²) < 4.78 is 0. The number of carbonyl (C=O) groups excluding carboxylic acids is 1. The van der Waals surface area contributed by atoms with Gasteiger partial charge in [-0.15, -0.1) is 0 Å². The number of aliphatic hydroxyl groups excluding tert-OH is 1. The fraction of sp³-hybridized carbons (Fsp3) is 0.650. The minimum atomic E-state index is -0.991. The number of benzene rings is 1. The molecule has 3 nitrogen and oxygen atoms in total. The summed E-state index contributed by atoms with van der Waals surface area (Å²) in [6.07, 6.45) is 2.16. The molecule has 2 aliphatic rings. The van der Waals surface area contributed by atoms with Crippen LogP contribution in [0.3, 0.4) is 0 Å². The maximum absolute atomic E-state index is 12.7. The first kappa shape index (κ1) is 16.5. The molecule has 1 aromatic carbocycles. The van der Waals surface area contributed by atoms with Crippen LogP contribution in [-0.4, -0.2) is 36.1 Å². The number of nitrogens with zero attached hydrogens (tertiary/aromatic N) is 1. The molecule has 0 heterocycles. The average Bonchev–Trinajstić information content (AvgIpc) is 2.86. The van der Waals surface area contributed by atoms with Crippen LogP contribution in [0.25, 0.3) is 0 Å². The van der Waals surface area contributed by atoms with Crippen LogP contribution in [0.2, 0.25) is 0 Å². The lowest BCUT2D eigenvalue weighted by Gasteiger charge is -2.51. The molecule has 0 spiro atoms. The highest BCUT2D eigenvalue weighted by atomic mass is 16.3. The number of rotatable bonds is 3. The predicted molar refractivity (Wildman–Crippen MR) is 92.0 cm³/mol. The lowest BCUT2D eigenvalue weighted by molar-refractivity contribution is -0.147. The first-order valence-electron chi connectivity index (χ1n) is 8.63. The van der Waals surface area contributed by atoms with Gasteiger partial charge in [-0.1, -0.05) is 51.1 Å². The topological polar surface area (TPSA) is 40.5 Å². The molecule has 126 valence electrons. The zero-order chi connectivity index (χ0) is 17.0. The van der Waals surface area contributed by atoms with Crippen molar-refractivity contribution < 1.29 is 9.90 Å². The van der Waals surface area contributed by atoms with Gasteiger partial charge in [0, 0.05) is 19.5 Å². The minimum absolute atomic E-state index is 0.0862. The molecule has 1 amide bonds. The van der Waals surface area contributed by atoms with Gasteiger partial charge in [-0.2, -0.15) is 0 Å². The fourth-order valence-corrected chi connectivity index (χ4v) is 5.56. The Morgan fingerprint density at radius 1 is 1.22 bits per heavy atom. The van der Waals surface area contributed by atoms with E-state index in [4.69, 9.17) is 0 Å². The van der Waals surface area contributed by atoms with Gasteiger partial charge in [-0.25, -0.2) is 0 Å². The molecule has 1 aromatic rings. The quantitative estimate of drug-likeness (QED) is 0.930. The Bertz CT molecular complexity index is 609. The molecule has 2 fully saturated rings. The smallest absolute Gasteiger partial charge is 0.251 e. The molecule has 4 atom stereocenters. The standard InChI is InChI=1S/C20H29NO2/c1-18(2)15-11-12-19(18,3)20(13-15,14-9-7-6-8-10-14)16(22)17(23)21(4)5/h6-10,15-16,22H,11-13H2,1-5H3/t15?,16-,19?,20?/m0/s1. The second-order valence-corrected chi connectivity index (χ2v) is 8.47. The Kier molecular flexibility index (Phi) is 3.64. The number of likely N-dealkylation sites (N-methyl/N-ethyl adjacent to an activating group) is 1. The molecule has 23 heavy (non-hydrogen) atoms. The van der Waals surface area contributed by atoms with Gasteiger partial charge in [-0.05, 0) is 41.6 Å². The van der Waals surface area contributed by atoms with Crippen LogP contribution in [0.1, 0.15) is 45.6 Å². The minimum Gasteiger partial charge on any atom is -0.382 e. The van der Waals surface area contributed by atoms with E-state index < -0.39 is 11.5 Å². The third-order valence-corrected chi connectivity index (χ3v) is 7.42. The van der Waals surface area contributed by atoms with E-state index in [2.05, 4.69) is 32.9 Å². The van der Waals surface area contributed by atoms with Gasteiger partial charge >= 0.3 is 0 Å². The van der Waals surface area contributed by atoms with Crippen molar-refractivity contribution in [3.63, 3.8) is 0 Å². The van der Waals surface area contributed by atoms with Gasteiger partial charge in [0.1, 0.15) is 6.10 Å². The van der Waals surface area contributed by atoms with E-state index in [0.29, 0.717) is 5.92 Å². The van der Waals surface area contributed by atoms with Gasteiger partial charge < -0.3 is 10.0 Å². The molecular formula is C20H29NO2. The Morgan fingerprint density at radius 2 is 1.83 bits per heavy atom. The van der Waals surface area contributed by atoms with Crippen LogP contribution in [0.4, 0.5) is 0 Å². The van der Waals surface area contributed by atoms with E-state index >= 15 is 0 Å². The summed E-state index contributed by atoms with van der Waals surface area (Å²) in [6.45, 7) is 6.93. The summed E-state index contributed by atoms with van der Waals surface area (Å²) in [5.41, 5.74) is 0.649. The maximum Gasteiger partial charge on any atom is 0.251 e. The lowest BCUT2D eigenvalue weighted by Crippen LogP contribution is -2.57. The van der Waals surface area contributed by atoms with Gasteiger partial charge in [0.2, 0.25) is 0 Å². The van der Waals surface area contributed by atoms with Crippen molar-refractivity contribution >= 4 is 5.91 Å². The van der Waals surface area contributed by atoms with E-state index in [0.717, 1.165) is 18.4 Å². The first-order chi connectivity index (χ1) is 10.7. The zero-order valence-electron chi connectivity index (χ0n) is 15.0. The molecule has 2 aliphatic carbocycles. The average molecular weight is 315 g/mol. The van der Waals surface area contributed by atoms with Gasteiger partial charge in [-0.3, -0.25) is 4.79 Å². The maximum atomic E-state index is 12.7. The van der Waals surface area contributed by atoms with E-state index in [-0.39, 0.29) is 16.7 Å². The summed E-state index contributed by atoms with van der Waals surface area (Å²) in [4.78, 5) is 14.2. The van der Waals surface area contributed by atoms with Crippen molar-refractivity contribution in [3.8, 4) is 0 Å². The molecule has 1 N–H and O–H groups in total. The van der Waals surface area contributed by atoms with Crippen molar-refractivity contribution in [2.45, 2.75) is 51.6 Å². The number of hydrogen-bond donors (Lipinski definition) is 1. The third-order valence-electron chi connectivity index (χ3n) is 7.42. The second-order valence-electron chi connectivity index (χ2n) is 8.47. The highest BCUT2D eigenvalue weighted by Crippen LogP contribution is 2.74. The molecule has 0 aliphatic heterocycles. The van der Waals surface area contributed by atoms with E-state index in [1.54, 1.807) is 14.1 Å². The molecule has 2 saturated carbocycles. The van der Waals surface area contributed by atoms with Crippen LogP contribution >= 0.6 is 0 Å². The molecule has 0 saturated heterocycles. The number of fused-ring (bicyclic) bond motifs is 2. The predicted octanol–water partition coefficient (Wildman–Crippen LogP) is 3.22. The number of carbonyl (C=O) groups is 1. The summed E-state index contributed by atoms with van der Waals surface area (Å²) in [7, 11) is 3.45. The Labute approximate surface area is 139 Å². The largest absolute Gasteiger partial charge is 0.382 e. The summed E-state index contributed by atoms with van der Waals surface area (Å²) in [5.74, 6) is 0.371. The molecule has 0 radical (unpaired) electrons. The number of amides is 1. The number of hydrogen-bond acceptors (Lipinski definition) is 2. The summed E-state index contributed by atoms with van der Waals surface area (Å²) >= 11 is 0. The molecule has 3 unspecified atom stereocenters. The van der Waals surface area contributed by atoms with Crippen LogP contribution in [-0.2, 0) is 10.2 Å². The molecular weight excluding hydrogens is 286 g/mol. The van der Waals surface area contributed by atoms with Gasteiger partial charge in [0.05, 0.1) is 0 Å². The highest BCUT2D eigenvalue weighted by molar-refractivity contribution is 5.82. The molecule has 3 heteroatoms. The van der Waals surface area contributed by atoms with Crippen molar-refractivity contribution in [2.24, 2.45) is 16.7 Å². The summed E-state index contributed by atoms with van der Waals surface area (Å²) in [6, 6.07) is 10.2. The second kappa shape index (κ2) is 5.07. The SMILES string of the molecule is CN(C)C(=O)[C@H](O)C1(c2ccccc2)CC2CCC1(C)C2(C)C. The van der Waals surface area contributed by atoms with Crippen molar-refractivity contribution in [1.29, 1.82) is 0 Å². The Balaban J connectivity index is 2.20. The summed E-state index contributed by atoms with van der Waals surface area (Å²) in [5, 5.41) is 11.2. The van der Waals surface area contributed by atoms with Crippen LogP contribution in [0.5, 0.6) is 0 Å². The van der Waals surface area contributed by atoms with Crippen molar-refractivity contribution in [1.82, 2.24) is 4.90 Å². The van der Waals surface area contributed by atoms with Gasteiger partial charge in [0.15, 0.2) is 0 Å². The third kappa shape index (κ3) is 1.89. The zero-order valence-corrected chi connectivity index (χ0v) is 15.0. The van der Waals surface area contributed by atoms with Crippen molar-refractivity contribution in [3.05, 3.63) is 35.9 Å². The monoisotopic (exact) mass is 315 g/mol. The fourth-order valence-electron chi connectivity index (χ4n) is 5.56. The highest BCUT2D eigenvalue weighted by Gasteiger charge is 2.72. The van der Waals surface area contributed by atoms with Crippen molar-refractivity contribution in [2.75, 3.05) is 14.1 Å². The molecule has 0 aromatic heterocycles. The lowest BCUT2D eigenvalue weighted by atomic mass is 9.53. The molecule has 3 rings (SSSR count). The van der Waals surface area contributed by atoms with E-state index in [9.17, 15) is 9.90 Å². The first-order valence-corrected chi connectivity index (χ1v) is 8.63. The Hall–Kier alpha value is -1.35. The normalized spacial score (nSPS) is 36.0. The van der Waals surface area contributed by atoms with Crippen LogP contribution in [0.15, 0.2) is 30.3 Å². The number of aliphatic hydroxyl groups is 1. The van der Waals surface area contributed by atoms with Crippen LogP contribution in [0, 0.1) is 16.7 Å². The van der Waals surface area contributed by atoms with E-state index in [1.807, 2.05) is 18.2 Å². The van der Waals surface area contributed by atoms with Gasteiger partial charge in [0.25, 0.3) is 5.91 Å². The molecule has 2 bridgehead atoms. The van der Waals surface area contributed by atoms with E-state index in [1.165, 1.54) is 11.3 Å². The van der Waals surface area contributed by atoms with Crippen LogP contribution < -0.4 is 0 Å². The Morgan fingerprint density at radius 3 is 2.26 bits per heavy atom.